The molecule has 1 aromatic carbocycles. The van der Waals surface area contributed by atoms with Crippen LogP contribution in [0.5, 0.6) is 0 Å². The van der Waals surface area contributed by atoms with Gasteiger partial charge in [0.2, 0.25) is 5.78 Å². The first kappa shape index (κ1) is 10.0. The van der Waals surface area contributed by atoms with Crippen molar-refractivity contribution in [2.75, 3.05) is 0 Å². The van der Waals surface area contributed by atoms with E-state index in [2.05, 4.69) is 29.0 Å². The topological polar surface area (TPSA) is 63.0 Å². The van der Waals surface area contributed by atoms with Gasteiger partial charge < -0.3 is 0 Å². The molecule has 0 atom stereocenters. The summed E-state index contributed by atoms with van der Waals surface area (Å²) in [7, 11) is 0. The highest BCUT2D eigenvalue weighted by molar-refractivity contribution is 5.79. The summed E-state index contributed by atoms with van der Waals surface area (Å²) in [6.45, 7) is 4.10. The summed E-state index contributed by atoms with van der Waals surface area (Å²) in [5, 5.41) is 8.79. The third kappa shape index (κ3) is 1.35. The van der Waals surface area contributed by atoms with E-state index in [1.165, 1.54) is 0 Å². The molecule has 2 aromatic heterocycles. The molecule has 5 heteroatoms. The maximum absolute atomic E-state index is 11.8. The van der Waals surface area contributed by atoms with Crippen LogP contribution in [-0.4, -0.2) is 19.6 Å². The maximum Gasteiger partial charge on any atom is 0.260 e. The van der Waals surface area contributed by atoms with Crippen LogP contribution in [-0.2, 0) is 0 Å². The van der Waals surface area contributed by atoms with Crippen LogP contribution in [0.2, 0.25) is 0 Å². The Labute approximate surface area is 97.1 Å². The van der Waals surface area contributed by atoms with Gasteiger partial charge in [-0.25, -0.2) is 0 Å². The number of nitrogens with one attached hydrogen (secondary N) is 1. The Bertz CT molecular complexity index is 754. The summed E-state index contributed by atoms with van der Waals surface area (Å²) in [6.07, 6.45) is 0. The summed E-state index contributed by atoms with van der Waals surface area (Å²) in [5.41, 5.74) is 0.718. The Kier molecular flexibility index (Phi) is 2.01. The number of aromatic nitrogens is 4. The third-order valence-corrected chi connectivity index (χ3v) is 2.82. The summed E-state index contributed by atoms with van der Waals surface area (Å²) >= 11 is 0. The van der Waals surface area contributed by atoms with Gasteiger partial charge in [-0.3, -0.25) is 14.2 Å². The van der Waals surface area contributed by atoms with Crippen molar-refractivity contribution in [1.29, 1.82) is 0 Å². The van der Waals surface area contributed by atoms with Crippen molar-refractivity contribution >= 4 is 16.7 Å². The largest absolute Gasteiger partial charge is 0.290 e. The highest BCUT2D eigenvalue weighted by Crippen LogP contribution is 2.17. The predicted octanol–water partition coefficient (Wildman–Crippen LogP) is 1.69. The molecule has 86 valence electrons. The van der Waals surface area contributed by atoms with Crippen LogP contribution >= 0.6 is 0 Å². The molecule has 17 heavy (non-hydrogen) atoms. The number of H-pyrrole nitrogens is 1. The predicted molar refractivity (Wildman–Crippen MR) is 65.2 cm³/mol. The second-order valence-electron chi connectivity index (χ2n) is 4.34. The zero-order chi connectivity index (χ0) is 12.0. The van der Waals surface area contributed by atoms with Crippen molar-refractivity contribution < 1.29 is 0 Å². The number of aromatic amines is 1. The van der Waals surface area contributed by atoms with E-state index in [-0.39, 0.29) is 11.5 Å². The highest BCUT2D eigenvalue weighted by atomic mass is 16.1. The smallest absolute Gasteiger partial charge is 0.260 e. The maximum atomic E-state index is 11.8. The molecule has 0 fully saturated rings. The highest BCUT2D eigenvalue weighted by Gasteiger charge is 2.13. The fourth-order valence-corrected chi connectivity index (χ4v) is 2.02. The molecule has 0 spiro atoms. The Morgan fingerprint density at radius 2 is 2.00 bits per heavy atom. The lowest BCUT2D eigenvalue weighted by molar-refractivity contribution is 0.765. The van der Waals surface area contributed by atoms with Gasteiger partial charge in [0, 0.05) is 5.92 Å². The van der Waals surface area contributed by atoms with E-state index < -0.39 is 0 Å². The van der Waals surface area contributed by atoms with Gasteiger partial charge in [-0.05, 0) is 12.1 Å². The van der Waals surface area contributed by atoms with E-state index >= 15 is 0 Å². The molecular formula is C12H12N4O. The van der Waals surface area contributed by atoms with Crippen LogP contribution in [0.4, 0.5) is 0 Å². The third-order valence-electron chi connectivity index (χ3n) is 2.82. The molecule has 0 aliphatic carbocycles. The van der Waals surface area contributed by atoms with E-state index in [0.29, 0.717) is 11.2 Å². The van der Waals surface area contributed by atoms with E-state index in [0.717, 1.165) is 11.3 Å². The lowest BCUT2D eigenvalue weighted by atomic mass is 10.2. The van der Waals surface area contributed by atoms with Crippen LogP contribution in [0, 0.1) is 0 Å². The molecule has 0 saturated carbocycles. The van der Waals surface area contributed by atoms with E-state index in [9.17, 15) is 4.79 Å². The van der Waals surface area contributed by atoms with Gasteiger partial charge in [0.25, 0.3) is 5.56 Å². The molecule has 0 aliphatic heterocycles. The number of rotatable bonds is 1. The Morgan fingerprint density at radius 1 is 1.24 bits per heavy atom. The summed E-state index contributed by atoms with van der Waals surface area (Å²) in [6, 6.07) is 7.47. The molecule has 0 amide bonds. The molecule has 5 nitrogen and oxygen atoms in total. The number of nitrogens with zero attached hydrogens (tertiary/aromatic N) is 3. The minimum Gasteiger partial charge on any atom is -0.290 e. The number of hydrogen-bond acceptors (Lipinski definition) is 3. The van der Waals surface area contributed by atoms with E-state index in [1.54, 1.807) is 6.07 Å². The molecule has 0 bridgehead atoms. The number of hydrogen-bond donors (Lipinski definition) is 1. The van der Waals surface area contributed by atoms with Crippen molar-refractivity contribution in [3.05, 3.63) is 40.4 Å². The van der Waals surface area contributed by atoms with Crippen LogP contribution in [0.25, 0.3) is 16.7 Å². The summed E-state index contributed by atoms with van der Waals surface area (Å²) in [5.74, 6) is 1.60. The lowest BCUT2D eigenvalue weighted by Crippen LogP contribution is -2.11. The van der Waals surface area contributed by atoms with Gasteiger partial charge in [0.1, 0.15) is 5.82 Å². The minimum absolute atomic E-state index is 0.129. The monoisotopic (exact) mass is 228 g/mol. The first-order chi connectivity index (χ1) is 8.18. The summed E-state index contributed by atoms with van der Waals surface area (Å²) in [4.78, 5) is 14.6. The van der Waals surface area contributed by atoms with Gasteiger partial charge in [0.05, 0.1) is 10.9 Å². The van der Waals surface area contributed by atoms with Gasteiger partial charge in [-0.2, -0.15) is 0 Å². The molecular weight excluding hydrogens is 216 g/mol. The van der Waals surface area contributed by atoms with Crippen molar-refractivity contribution in [3.63, 3.8) is 0 Å². The van der Waals surface area contributed by atoms with E-state index in [1.807, 2.05) is 22.6 Å². The molecule has 3 rings (SSSR count). The number of benzene rings is 1. The van der Waals surface area contributed by atoms with Crippen molar-refractivity contribution in [3.8, 4) is 0 Å². The van der Waals surface area contributed by atoms with E-state index in [4.69, 9.17) is 0 Å². The fraction of sp³-hybridized carbons (Fsp3) is 0.250. The molecule has 0 aliphatic rings. The molecule has 0 saturated heterocycles. The quantitative estimate of drug-likeness (QED) is 0.689. The second kappa shape index (κ2) is 3.41. The molecule has 2 heterocycles. The van der Waals surface area contributed by atoms with Gasteiger partial charge in [0.15, 0.2) is 0 Å². The zero-order valence-electron chi connectivity index (χ0n) is 9.64. The fourth-order valence-electron chi connectivity index (χ4n) is 2.02. The number of para-hydroxylation sites is 1. The second-order valence-corrected chi connectivity index (χ2v) is 4.34. The van der Waals surface area contributed by atoms with Crippen LogP contribution in [0.3, 0.4) is 0 Å². The average molecular weight is 228 g/mol. The van der Waals surface area contributed by atoms with Crippen molar-refractivity contribution in [2.24, 2.45) is 0 Å². The van der Waals surface area contributed by atoms with Crippen molar-refractivity contribution in [2.45, 2.75) is 19.8 Å². The molecule has 3 aromatic rings. The van der Waals surface area contributed by atoms with Crippen LogP contribution in [0.15, 0.2) is 29.1 Å². The molecule has 0 radical (unpaired) electrons. The van der Waals surface area contributed by atoms with Gasteiger partial charge in [-0.15, -0.1) is 10.2 Å². The van der Waals surface area contributed by atoms with Crippen molar-refractivity contribution in [1.82, 2.24) is 19.6 Å². The zero-order valence-corrected chi connectivity index (χ0v) is 9.64. The first-order valence-electron chi connectivity index (χ1n) is 5.54. The van der Waals surface area contributed by atoms with Crippen LogP contribution in [0.1, 0.15) is 25.6 Å². The Hall–Kier alpha value is -2.17. The molecule has 1 N–H and O–H groups in total. The first-order valence-corrected chi connectivity index (χ1v) is 5.54. The average Bonchev–Trinajstić information content (AvgIpc) is 2.73. The minimum atomic E-state index is -0.129. The standard InChI is InChI=1S/C12H12N4O/c1-7(2)10-14-15-12-13-11(17)8-5-3-4-6-9(8)16(10)12/h3-7H,1-2H3,(H,13,15,17). The number of fused-ring (bicyclic) bond motifs is 3. The SMILES string of the molecule is CC(C)c1nnc2[nH]c(=O)c3ccccc3n12. The Morgan fingerprint density at radius 3 is 2.76 bits per heavy atom. The van der Waals surface area contributed by atoms with Gasteiger partial charge in [-0.1, -0.05) is 26.0 Å². The molecule has 0 unspecified atom stereocenters. The normalized spacial score (nSPS) is 11.7. The van der Waals surface area contributed by atoms with Crippen LogP contribution < -0.4 is 5.56 Å². The lowest BCUT2D eigenvalue weighted by Gasteiger charge is -2.05. The Balaban J connectivity index is 2.60. The summed E-state index contributed by atoms with van der Waals surface area (Å²) < 4.78 is 1.90. The van der Waals surface area contributed by atoms with Gasteiger partial charge >= 0.3 is 0 Å².